The molecule has 0 fully saturated rings. The van der Waals surface area contributed by atoms with Gasteiger partial charge in [-0.3, -0.25) is 4.79 Å². The zero-order chi connectivity index (χ0) is 14.4. The predicted octanol–water partition coefficient (Wildman–Crippen LogP) is 0.744. The van der Waals surface area contributed by atoms with Gasteiger partial charge in [-0.1, -0.05) is 26.0 Å². The molecule has 1 aromatic rings. The lowest BCUT2D eigenvalue weighted by molar-refractivity contribution is -0.123. The van der Waals surface area contributed by atoms with E-state index in [0.29, 0.717) is 12.3 Å². The molecule has 5 N–H and O–H groups in total. The molecule has 1 unspecified atom stereocenters. The van der Waals surface area contributed by atoms with Gasteiger partial charge in [-0.15, -0.1) is 0 Å². The lowest BCUT2D eigenvalue weighted by Gasteiger charge is -2.15. The van der Waals surface area contributed by atoms with Crippen LogP contribution < -0.4 is 21.5 Å². The fraction of sp³-hybridized carbons (Fsp3) is 0.385. The van der Waals surface area contributed by atoms with E-state index in [4.69, 9.17) is 16.2 Å². The molecule has 1 aromatic carbocycles. The number of ether oxygens (including phenoxy) is 1. The first-order valence-corrected chi connectivity index (χ1v) is 5.99. The Labute approximate surface area is 112 Å². The molecule has 0 aliphatic heterocycles. The van der Waals surface area contributed by atoms with Crippen LogP contribution in [-0.2, 0) is 11.3 Å². The summed E-state index contributed by atoms with van der Waals surface area (Å²) in [5.74, 6) is 0.264. The van der Waals surface area contributed by atoms with E-state index in [9.17, 15) is 9.59 Å². The molecule has 0 saturated heterocycles. The van der Waals surface area contributed by atoms with Gasteiger partial charge >= 0.3 is 6.09 Å². The zero-order valence-corrected chi connectivity index (χ0v) is 11.1. The van der Waals surface area contributed by atoms with E-state index >= 15 is 0 Å². The third-order valence-electron chi connectivity index (χ3n) is 2.63. The SMILES string of the molecule is CC(C)C(N)C(=O)NCc1ccc(OC(N)=O)cc1. The van der Waals surface area contributed by atoms with Gasteiger partial charge in [-0.05, 0) is 23.6 Å². The van der Waals surface area contributed by atoms with Gasteiger partial charge in [0.05, 0.1) is 6.04 Å². The highest BCUT2D eigenvalue weighted by Gasteiger charge is 2.16. The first-order chi connectivity index (χ1) is 8.90. The van der Waals surface area contributed by atoms with E-state index in [0.717, 1.165) is 5.56 Å². The minimum Gasteiger partial charge on any atom is -0.411 e. The molecule has 0 aromatic heterocycles. The summed E-state index contributed by atoms with van der Waals surface area (Å²) in [7, 11) is 0. The number of primary amides is 1. The molecule has 0 aliphatic carbocycles. The average Bonchev–Trinajstić information content (AvgIpc) is 2.35. The van der Waals surface area contributed by atoms with Crippen molar-refractivity contribution in [3.63, 3.8) is 0 Å². The van der Waals surface area contributed by atoms with Crippen LogP contribution >= 0.6 is 0 Å². The number of nitrogens with one attached hydrogen (secondary N) is 1. The number of amides is 2. The summed E-state index contributed by atoms with van der Waals surface area (Å²) < 4.78 is 4.70. The Bertz CT molecular complexity index is 443. The Morgan fingerprint density at radius 3 is 2.32 bits per heavy atom. The van der Waals surface area contributed by atoms with Gasteiger partial charge in [0.1, 0.15) is 5.75 Å². The summed E-state index contributed by atoms with van der Waals surface area (Å²) in [6.07, 6.45) is -0.857. The standard InChI is InChI=1S/C13H19N3O3/c1-8(2)11(14)12(17)16-7-9-3-5-10(6-4-9)19-13(15)18/h3-6,8,11H,7,14H2,1-2H3,(H2,15,18)(H,16,17). The second-order valence-electron chi connectivity index (χ2n) is 4.55. The summed E-state index contributed by atoms with van der Waals surface area (Å²) in [6.45, 7) is 4.15. The van der Waals surface area contributed by atoms with E-state index in [2.05, 4.69) is 5.32 Å². The van der Waals surface area contributed by atoms with Crippen molar-refractivity contribution < 1.29 is 14.3 Å². The Hall–Kier alpha value is -2.08. The Morgan fingerprint density at radius 1 is 1.26 bits per heavy atom. The highest BCUT2D eigenvalue weighted by molar-refractivity contribution is 5.81. The zero-order valence-electron chi connectivity index (χ0n) is 11.1. The van der Waals surface area contributed by atoms with Crippen LogP contribution in [0.5, 0.6) is 5.75 Å². The average molecular weight is 265 g/mol. The Kier molecular flexibility index (Phi) is 5.32. The Morgan fingerprint density at radius 2 is 1.84 bits per heavy atom. The number of nitrogens with two attached hydrogens (primary N) is 2. The molecule has 0 bridgehead atoms. The lowest BCUT2D eigenvalue weighted by Crippen LogP contribution is -2.43. The lowest BCUT2D eigenvalue weighted by atomic mass is 10.0. The maximum absolute atomic E-state index is 11.6. The van der Waals surface area contributed by atoms with Crippen LogP contribution in [0.25, 0.3) is 0 Å². The molecule has 6 nitrogen and oxygen atoms in total. The van der Waals surface area contributed by atoms with Gasteiger partial charge in [0.25, 0.3) is 0 Å². The van der Waals surface area contributed by atoms with E-state index in [1.54, 1.807) is 24.3 Å². The molecule has 0 saturated carbocycles. The van der Waals surface area contributed by atoms with Gasteiger partial charge in [0, 0.05) is 6.54 Å². The highest BCUT2D eigenvalue weighted by atomic mass is 16.5. The fourth-order valence-corrected chi connectivity index (χ4v) is 1.40. The molecule has 0 heterocycles. The third kappa shape index (κ3) is 4.97. The van der Waals surface area contributed by atoms with Crippen LogP contribution in [0.2, 0.25) is 0 Å². The summed E-state index contributed by atoms with van der Waals surface area (Å²) in [4.78, 5) is 22.2. The van der Waals surface area contributed by atoms with Crippen molar-refractivity contribution >= 4 is 12.0 Å². The number of benzene rings is 1. The maximum Gasteiger partial charge on any atom is 0.409 e. The topological polar surface area (TPSA) is 107 Å². The molecule has 6 heteroatoms. The molecule has 104 valence electrons. The van der Waals surface area contributed by atoms with Crippen LogP contribution in [-0.4, -0.2) is 18.0 Å². The smallest absolute Gasteiger partial charge is 0.409 e. The molecule has 19 heavy (non-hydrogen) atoms. The van der Waals surface area contributed by atoms with Crippen molar-refractivity contribution in [1.82, 2.24) is 5.32 Å². The Balaban J connectivity index is 2.50. The largest absolute Gasteiger partial charge is 0.411 e. The normalized spacial score (nSPS) is 12.0. The van der Waals surface area contributed by atoms with Crippen LogP contribution in [0.3, 0.4) is 0 Å². The minimum atomic E-state index is -0.857. The van der Waals surface area contributed by atoms with Crippen molar-refractivity contribution in [3.8, 4) is 5.75 Å². The van der Waals surface area contributed by atoms with Gasteiger partial charge in [0.2, 0.25) is 5.91 Å². The number of carbonyl (C=O) groups excluding carboxylic acids is 2. The van der Waals surface area contributed by atoms with Gasteiger partial charge in [-0.2, -0.15) is 0 Å². The van der Waals surface area contributed by atoms with Gasteiger partial charge < -0.3 is 21.5 Å². The van der Waals surface area contributed by atoms with Crippen LogP contribution in [0.4, 0.5) is 4.79 Å². The summed E-state index contributed by atoms with van der Waals surface area (Å²) in [5.41, 5.74) is 11.5. The summed E-state index contributed by atoms with van der Waals surface area (Å²) in [5, 5.41) is 2.74. The van der Waals surface area contributed by atoms with Crippen molar-refractivity contribution in [2.24, 2.45) is 17.4 Å². The van der Waals surface area contributed by atoms with E-state index in [-0.39, 0.29) is 11.8 Å². The molecular formula is C13H19N3O3. The monoisotopic (exact) mass is 265 g/mol. The van der Waals surface area contributed by atoms with Crippen molar-refractivity contribution in [2.75, 3.05) is 0 Å². The number of hydrogen-bond acceptors (Lipinski definition) is 4. The van der Waals surface area contributed by atoms with Gasteiger partial charge in [-0.25, -0.2) is 4.79 Å². The van der Waals surface area contributed by atoms with Crippen LogP contribution in [0.1, 0.15) is 19.4 Å². The summed E-state index contributed by atoms with van der Waals surface area (Å²) in [6, 6.07) is 6.17. The number of hydrogen-bond donors (Lipinski definition) is 3. The predicted molar refractivity (Wildman–Crippen MR) is 71.3 cm³/mol. The maximum atomic E-state index is 11.6. The molecule has 2 amide bonds. The highest BCUT2D eigenvalue weighted by Crippen LogP contribution is 2.12. The van der Waals surface area contributed by atoms with Crippen molar-refractivity contribution in [3.05, 3.63) is 29.8 Å². The molecule has 0 radical (unpaired) electrons. The second-order valence-corrected chi connectivity index (χ2v) is 4.55. The van der Waals surface area contributed by atoms with Crippen molar-refractivity contribution in [2.45, 2.75) is 26.4 Å². The first-order valence-electron chi connectivity index (χ1n) is 5.99. The summed E-state index contributed by atoms with van der Waals surface area (Å²) >= 11 is 0. The molecule has 1 rings (SSSR count). The number of rotatable bonds is 5. The minimum absolute atomic E-state index is 0.0892. The van der Waals surface area contributed by atoms with E-state index in [1.165, 1.54) is 0 Å². The second kappa shape index (κ2) is 6.75. The molecule has 0 aliphatic rings. The quantitative estimate of drug-likeness (QED) is 0.729. The third-order valence-corrected chi connectivity index (χ3v) is 2.63. The van der Waals surface area contributed by atoms with Crippen LogP contribution in [0.15, 0.2) is 24.3 Å². The van der Waals surface area contributed by atoms with E-state index < -0.39 is 12.1 Å². The first kappa shape index (κ1) is 15.0. The number of carbonyl (C=O) groups is 2. The fourth-order valence-electron chi connectivity index (χ4n) is 1.40. The molecular weight excluding hydrogens is 246 g/mol. The van der Waals surface area contributed by atoms with Crippen molar-refractivity contribution in [1.29, 1.82) is 0 Å². The van der Waals surface area contributed by atoms with Gasteiger partial charge in [0.15, 0.2) is 0 Å². The van der Waals surface area contributed by atoms with Crippen LogP contribution in [0, 0.1) is 5.92 Å². The molecule has 1 atom stereocenters. The molecule has 0 spiro atoms. The van der Waals surface area contributed by atoms with E-state index in [1.807, 2.05) is 13.8 Å².